The average molecular weight is 278 g/mol. The van der Waals surface area contributed by atoms with Gasteiger partial charge in [-0.1, -0.05) is 22.9 Å². The number of nitrogens with one attached hydrogen (secondary N) is 1. The average Bonchev–Trinajstić information content (AvgIpc) is 2.66. The molecule has 88 valence electrons. The van der Waals surface area contributed by atoms with Gasteiger partial charge in [0.25, 0.3) is 5.91 Å². The van der Waals surface area contributed by atoms with Gasteiger partial charge in [0.15, 0.2) is 0 Å². The Bertz CT molecular complexity index is 233. The fourth-order valence-corrected chi connectivity index (χ4v) is 2.12. The molecule has 0 aromatic heterocycles. The Labute approximate surface area is 100 Å². The van der Waals surface area contributed by atoms with Crippen molar-refractivity contribution in [2.45, 2.75) is 51.2 Å². The van der Waals surface area contributed by atoms with Crippen molar-refractivity contribution in [1.29, 1.82) is 0 Å². The fourth-order valence-electron chi connectivity index (χ4n) is 1.58. The number of hydrogen-bond acceptors (Lipinski definition) is 2. The van der Waals surface area contributed by atoms with E-state index in [-0.39, 0.29) is 11.4 Å². The second kappa shape index (κ2) is 4.83. The minimum Gasteiger partial charge on any atom is -0.365 e. The Morgan fingerprint density at radius 3 is 2.73 bits per heavy atom. The van der Waals surface area contributed by atoms with Crippen LogP contribution in [0.4, 0.5) is 0 Å². The predicted molar refractivity (Wildman–Crippen MR) is 64.2 cm³/mol. The maximum Gasteiger partial charge on any atom is 0.252 e. The van der Waals surface area contributed by atoms with Gasteiger partial charge in [-0.15, -0.1) is 0 Å². The van der Waals surface area contributed by atoms with Crippen molar-refractivity contribution in [2.24, 2.45) is 0 Å². The van der Waals surface area contributed by atoms with Gasteiger partial charge in [-0.2, -0.15) is 0 Å². The van der Waals surface area contributed by atoms with Gasteiger partial charge in [0.05, 0.1) is 0 Å². The first kappa shape index (κ1) is 13.0. The van der Waals surface area contributed by atoms with E-state index in [1.807, 2.05) is 13.8 Å². The van der Waals surface area contributed by atoms with E-state index in [0.29, 0.717) is 6.61 Å². The van der Waals surface area contributed by atoms with Crippen LogP contribution in [0, 0.1) is 0 Å². The molecule has 0 aromatic rings. The number of amides is 1. The summed E-state index contributed by atoms with van der Waals surface area (Å²) in [6.45, 7) is 6.68. The van der Waals surface area contributed by atoms with Crippen molar-refractivity contribution in [3.05, 3.63) is 0 Å². The molecule has 2 atom stereocenters. The van der Waals surface area contributed by atoms with Crippen LogP contribution in [-0.4, -0.2) is 29.0 Å². The largest absolute Gasteiger partial charge is 0.365 e. The molecular formula is C11H20BrNO2. The molecule has 1 saturated heterocycles. The van der Waals surface area contributed by atoms with Crippen molar-refractivity contribution in [1.82, 2.24) is 5.32 Å². The van der Waals surface area contributed by atoms with E-state index in [0.717, 1.165) is 24.6 Å². The van der Waals surface area contributed by atoms with E-state index in [2.05, 4.69) is 28.2 Å². The second-order valence-corrected chi connectivity index (χ2v) is 5.25. The monoisotopic (exact) mass is 277 g/mol. The molecule has 0 saturated carbocycles. The Balaban J connectivity index is 2.61. The SMILES string of the molecule is CCC(C)(CBr)NC(=O)C1(C)CCCO1. The summed E-state index contributed by atoms with van der Waals surface area (Å²) in [5, 5.41) is 3.83. The van der Waals surface area contributed by atoms with E-state index in [1.165, 1.54) is 0 Å². The molecule has 1 aliphatic heterocycles. The highest BCUT2D eigenvalue weighted by molar-refractivity contribution is 9.09. The van der Waals surface area contributed by atoms with Crippen LogP contribution in [0.5, 0.6) is 0 Å². The minimum atomic E-state index is -0.612. The molecule has 3 nitrogen and oxygen atoms in total. The molecule has 1 heterocycles. The maximum absolute atomic E-state index is 12.0. The van der Waals surface area contributed by atoms with Crippen molar-refractivity contribution in [3.63, 3.8) is 0 Å². The molecular weight excluding hydrogens is 258 g/mol. The number of halogens is 1. The first-order valence-electron chi connectivity index (χ1n) is 5.48. The highest BCUT2D eigenvalue weighted by atomic mass is 79.9. The minimum absolute atomic E-state index is 0.0174. The lowest BCUT2D eigenvalue weighted by molar-refractivity contribution is -0.141. The van der Waals surface area contributed by atoms with Gasteiger partial charge in [0.1, 0.15) is 5.60 Å². The molecule has 0 bridgehead atoms. The normalized spacial score (nSPS) is 29.9. The zero-order valence-electron chi connectivity index (χ0n) is 9.73. The number of alkyl halides is 1. The Morgan fingerprint density at radius 1 is 1.67 bits per heavy atom. The van der Waals surface area contributed by atoms with E-state index in [1.54, 1.807) is 0 Å². The maximum atomic E-state index is 12.0. The Kier molecular flexibility index (Phi) is 4.18. The zero-order chi connectivity index (χ0) is 11.5. The molecule has 1 rings (SSSR count). The van der Waals surface area contributed by atoms with Crippen LogP contribution in [-0.2, 0) is 9.53 Å². The number of carbonyl (C=O) groups excluding carboxylic acids is 1. The summed E-state index contributed by atoms with van der Waals surface area (Å²) in [5.74, 6) is 0.0174. The second-order valence-electron chi connectivity index (χ2n) is 4.68. The molecule has 0 aliphatic carbocycles. The lowest BCUT2D eigenvalue weighted by atomic mass is 9.97. The Morgan fingerprint density at radius 2 is 2.33 bits per heavy atom. The van der Waals surface area contributed by atoms with E-state index in [4.69, 9.17) is 4.74 Å². The number of rotatable bonds is 4. The lowest BCUT2D eigenvalue weighted by Gasteiger charge is -2.32. The van der Waals surface area contributed by atoms with Crippen LogP contribution in [0.25, 0.3) is 0 Å². The number of carbonyl (C=O) groups is 1. The van der Waals surface area contributed by atoms with Gasteiger partial charge in [0.2, 0.25) is 0 Å². The van der Waals surface area contributed by atoms with Crippen LogP contribution in [0.3, 0.4) is 0 Å². The summed E-state index contributed by atoms with van der Waals surface area (Å²) in [4.78, 5) is 12.0. The van der Waals surface area contributed by atoms with Gasteiger partial charge >= 0.3 is 0 Å². The van der Waals surface area contributed by atoms with Crippen molar-refractivity contribution in [2.75, 3.05) is 11.9 Å². The number of hydrogen-bond donors (Lipinski definition) is 1. The van der Waals surface area contributed by atoms with E-state index >= 15 is 0 Å². The van der Waals surface area contributed by atoms with Crippen molar-refractivity contribution < 1.29 is 9.53 Å². The molecule has 1 fully saturated rings. The summed E-state index contributed by atoms with van der Waals surface area (Å²) in [5.41, 5.74) is -0.787. The molecule has 1 aliphatic rings. The van der Waals surface area contributed by atoms with Gasteiger partial charge in [-0.05, 0) is 33.1 Å². The number of ether oxygens (including phenoxy) is 1. The third kappa shape index (κ3) is 2.94. The standard InChI is InChI=1S/C11H20BrNO2/c1-4-10(2,8-12)13-9(14)11(3)6-5-7-15-11/h4-8H2,1-3H3,(H,13,14). The smallest absolute Gasteiger partial charge is 0.252 e. The highest BCUT2D eigenvalue weighted by Crippen LogP contribution is 2.26. The van der Waals surface area contributed by atoms with Gasteiger partial charge < -0.3 is 10.1 Å². The molecule has 1 amide bonds. The van der Waals surface area contributed by atoms with Crippen LogP contribution in [0.15, 0.2) is 0 Å². The first-order valence-corrected chi connectivity index (χ1v) is 6.60. The van der Waals surface area contributed by atoms with Crippen LogP contribution in [0.1, 0.15) is 40.0 Å². The van der Waals surface area contributed by atoms with Crippen molar-refractivity contribution >= 4 is 21.8 Å². The zero-order valence-corrected chi connectivity index (χ0v) is 11.3. The third-order valence-electron chi connectivity index (χ3n) is 3.19. The highest BCUT2D eigenvalue weighted by Gasteiger charge is 2.40. The molecule has 0 spiro atoms. The summed E-state index contributed by atoms with van der Waals surface area (Å²) in [6.07, 6.45) is 2.70. The molecule has 4 heteroatoms. The fraction of sp³-hybridized carbons (Fsp3) is 0.909. The van der Waals surface area contributed by atoms with Crippen molar-refractivity contribution in [3.8, 4) is 0 Å². The molecule has 1 N–H and O–H groups in total. The summed E-state index contributed by atoms with van der Waals surface area (Å²) >= 11 is 3.43. The quantitative estimate of drug-likeness (QED) is 0.801. The van der Waals surface area contributed by atoms with Crippen LogP contribution in [0.2, 0.25) is 0 Å². The van der Waals surface area contributed by atoms with Crippen LogP contribution >= 0.6 is 15.9 Å². The summed E-state index contributed by atoms with van der Waals surface area (Å²) in [6, 6.07) is 0. The van der Waals surface area contributed by atoms with Gasteiger partial charge in [-0.3, -0.25) is 4.79 Å². The summed E-state index contributed by atoms with van der Waals surface area (Å²) < 4.78 is 5.51. The molecule has 15 heavy (non-hydrogen) atoms. The van der Waals surface area contributed by atoms with E-state index < -0.39 is 5.60 Å². The molecule has 0 aromatic carbocycles. The summed E-state index contributed by atoms with van der Waals surface area (Å²) in [7, 11) is 0. The topological polar surface area (TPSA) is 38.3 Å². The molecule has 0 radical (unpaired) electrons. The first-order chi connectivity index (χ1) is 6.96. The van der Waals surface area contributed by atoms with E-state index in [9.17, 15) is 4.79 Å². The van der Waals surface area contributed by atoms with Gasteiger partial charge in [0, 0.05) is 17.5 Å². The Hall–Kier alpha value is -0.0900. The third-order valence-corrected chi connectivity index (χ3v) is 4.43. The lowest BCUT2D eigenvalue weighted by Crippen LogP contribution is -2.54. The van der Waals surface area contributed by atoms with Gasteiger partial charge in [-0.25, -0.2) is 0 Å². The predicted octanol–water partition coefficient (Wildman–Crippen LogP) is 2.24. The molecule has 2 unspecified atom stereocenters. The van der Waals surface area contributed by atoms with Crippen LogP contribution < -0.4 is 5.32 Å².